The van der Waals surface area contributed by atoms with Crippen LogP contribution in [0.5, 0.6) is 0 Å². The average Bonchev–Trinajstić information content (AvgIpc) is 3.05. The molecular formula is C11H12N6O. The van der Waals surface area contributed by atoms with E-state index >= 15 is 0 Å². The maximum atomic E-state index is 5.84. The highest BCUT2D eigenvalue weighted by Gasteiger charge is 2.40. The predicted molar refractivity (Wildman–Crippen MR) is 61.9 cm³/mol. The Hall–Kier alpha value is -2.02. The van der Waals surface area contributed by atoms with Crippen LogP contribution in [0.15, 0.2) is 24.7 Å². The summed E-state index contributed by atoms with van der Waals surface area (Å²) in [5.41, 5.74) is 1.03. The predicted octanol–water partition coefficient (Wildman–Crippen LogP) is 0.0282. The number of nitrogens with zero attached hydrogens (tertiary/aromatic N) is 6. The number of hydrogen-bond donors (Lipinski definition) is 0. The van der Waals surface area contributed by atoms with Crippen LogP contribution >= 0.6 is 0 Å². The molecule has 4 rings (SSSR count). The van der Waals surface area contributed by atoms with Gasteiger partial charge in [-0.15, -0.1) is 5.10 Å². The van der Waals surface area contributed by atoms with Crippen LogP contribution in [0.2, 0.25) is 0 Å². The third kappa shape index (κ3) is 1.40. The fourth-order valence-electron chi connectivity index (χ4n) is 2.61. The summed E-state index contributed by atoms with van der Waals surface area (Å²) in [6.45, 7) is 2.19. The number of ether oxygens (including phenoxy) is 1. The minimum absolute atomic E-state index is 0.142. The van der Waals surface area contributed by atoms with E-state index in [1.807, 2.05) is 10.7 Å². The van der Waals surface area contributed by atoms with Gasteiger partial charge in [-0.2, -0.15) is 0 Å². The molecule has 2 atom stereocenters. The Morgan fingerprint density at radius 1 is 1.22 bits per heavy atom. The second-order valence-electron chi connectivity index (χ2n) is 4.54. The molecule has 2 aliphatic rings. The quantitative estimate of drug-likeness (QED) is 0.705. The Balaban J connectivity index is 1.64. The van der Waals surface area contributed by atoms with Crippen LogP contribution < -0.4 is 4.90 Å². The van der Waals surface area contributed by atoms with Crippen LogP contribution in [0, 0.1) is 0 Å². The zero-order valence-corrected chi connectivity index (χ0v) is 9.68. The van der Waals surface area contributed by atoms with E-state index in [1.165, 1.54) is 0 Å². The number of fused-ring (bicyclic) bond motifs is 3. The van der Waals surface area contributed by atoms with Gasteiger partial charge in [0, 0.05) is 25.5 Å². The van der Waals surface area contributed by atoms with Gasteiger partial charge < -0.3 is 9.64 Å². The Morgan fingerprint density at radius 3 is 3.00 bits per heavy atom. The van der Waals surface area contributed by atoms with Gasteiger partial charge in [0.05, 0.1) is 30.6 Å². The van der Waals surface area contributed by atoms with Gasteiger partial charge in [0.25, 0.3) is 0 Å². The molecule has 0 bridgehead atoms. The lowest BCUT2D eigenvalue weighted by Crippen LogP contribution is -2.32. The zero-order valence-electron chi connectivity index (χ0n) is 9.68. The molecule has 2 aromatic rings. The summed E-state index contributed by atoms with van der Waals surface area (Å²) in [6, 6.07) is 2.03. The molecule has 2 aliphatic heterocycles. The molecule has 0 spiro atoms. The van der Waals surface area contributed by atoms with Gasteiger partial charge in [0.15, 0.2) is 0 Å². The highest BCUT2D eigenvalue weighted by Crippen LogP contribution is 2.31. The van der Waals surface area contributed by atoms with E-state index in [2.05, 4.69) is 25.2 Å². The maximum absolute atomic E-state index is 5.84. The van der Waals surface area contributed by atoms with Crippen molar-refractivity contribution in [3.63, 3.8) is 0 Å². The lowest BCUT2D eigenvalue weighted by molar-refractivity contribution is -0.00255. The fraction of sp³-hybridized carbons (Fsp3) is 0.455. The van der Waals surface area contributed by atoms with Crippen molar-refractivity contribution in [1.82, 2.24) is 25.0 Å². The van der Waals surface area contributed by atoms with Crippen molar-refractivity contribution in [3.05, 3.63) is 30.4 Å². The van der Waals surface area contributed by atoms with Crippen LogP contribution in [0.4, 0.5) is 5.95 Å². The molecule has 0 aromatic carbocycles. The second kappa shape index (κ2) is 3.74. The lowest BCUT2D eigenvalue weighted by atomic mass is 10.2. The Kier molecular flexibility index (Phi) is 2.07. The number of aromatic nitrogens is 5. The van der Waals surface area contributed by atoms with Crippen LogP contribution in [-0.2, 0) is 11.3 Å². The summed E-state index contributed by atoms with van der Waals surface area (Å²) in [5, 5.41) is 8.09. The molecule has 0 aliphatic carbocycles. The molecule has 0 radical (unpaired) electrons. The summed E-state index contributed by atoms with van der Waals surface area (Å²) in [4.78, 5) is 10.7. The van der Waals surface area contributed by atoms with Gasteiger partial charge >= 0.3 is 0 Å². The Morgan fingerprint density at radius 2 is 2.11 bits per heavy atom. The lowest BCUT2D eigenvalue weighted by Gasteiger charge is -2.25. The molecule has 4 heterocycles. The van der Waals surface area contributed by atoms with Crippen molar-refractivity contribution in [3.8, 4) is 0 Å². The number of rotatable bonds is 1. The van der Waals surface area contributed by atoms with E-state index in [0.29, 0.717) is 6.61 Å². The van der Waals surface area contributed by atoms with E-state index in [-0.39, 0.29) is 12.1 Å². The molecule has 92 valence electrons. The van der Waals surface area contributed by atoms with Crippen LogP contribution in [-0.4, -0.2) is 44.2 Å². The smallest absolute Gasteiger partial charge is 0.225 e. The highest BCUT2D eigenvalue weighted by molar-refractivity contribution is 5.32. The van der Waals surface area contributed by atoms with Crippen LogP contribution in [0.25, 0.3) is 0 Å². The monoisotopic (exact) mass is 244 g/mol. The Labute approximate surface area is 103 Å². The minimum atomic E-state index is 0.142. The second-order valence-corrected chi connectivity index (χ2v) is 4.54. The number of anilines is 1. The van der Waals surface area contributed by atoms with E-state index in [0.717, 1.165) is 24.7 Å². The molecule has 18 heavy (non-hydrogen) atoms. The molecule has 0 saturated carbocycles. The summed E-state index contributed by atoms with van der Waals surface area (Å²) in [5.74, 6) is 0.747. The summed E-state index contributed by atoms with van der Waals surface area (Å²) >= 11 is 0. The van der Waals surface area contributed by atoms with Crippen molar-refractivity contribution >= 4 is 5.95 Å². The minimum Gasteiger partial charge on any atom is -0.368 e. The summed E-state index contributed by atoms with van der Waals surface area (Å²) in [6.07, 6.45) is 5.42. The van der Waals surface area contributed by atoms with E-state index in [9.17, 15) is 0 Å². The van der Waals surface area contributed by atoms with E-state index in [1.54, 1.807) is 18.6 Å². The van der Waals surface area contributed by atoms with Crippen LogP contribution in [0.3, 0.4) is 0 Å². The third-order valence-corrected chi connectivity index (χ3v) is 3.48. The molecule has 1 unspecified atom stereocenters. The normalized spacial score (nSPS) is 25.9. The van der Waals surface area contributed by atoms with Gasteiger partial charge in [0.1, 0.15) is 0 Å². The first-order valence-electron chi connectivity index (χ1n) is 5.94. The highest BCUT2D eigenvalue weighted by atomic mass is 16.5. The van der Waals surface area contributed by atoms with Crippen molar-refractivity contribution in [2.45, 2.75) is 18.8 Å². The van der Waals surface area contributed by atoms with Crippen molar-refractivity contribution in [2.75, 3.05) is 18.0 Å². The topological polar surface area (TPSA) is 69.0 Å². The SMILES string of the molecule is c1cnc(N2CC3OCc4cnnn4[C@@H]3C2)nc1. The zero-order chi connectivity index (χ0) is 11.9. The number of hydrogen-bond acceptors (Lipinski definition) is 6. The first-order chi connectivity index (χ1) is 8.92. The largest absolute Gasteiger partial charge is 0.368 e. The Bertz CT molecular complexity index is 556. The molecule has 2 aromatic heterocycles. The molecule has 1 saturated heterocycles. The molecule has 7 heteroatoms. The van der Waals surface area contributed by atoms with Crippen molar-refractivity contribution in [1.29, 1.82) is 0 Å². The molecular weight excluding hydrogens is 232 g/mol. The van der Waals surface area contributed by atoms with Gasteiger partial charge in [-0.3, -0.25) is 0 Å². The molecule has 1 fully saturated rings. The van der Waals surface area contributed by atoms with Gasteiger partial charge in [-0.1, -0.05) is 5.21 Å². The van der Waals surface area contributed by atoms with Crippen molar-refractivity contribution < 1.29 is 4.74 Å². The average molecular weight is 244 g/mol. The van der Waals surface area contributed by atoms with Crippen molar-refractivity contribution in [2.24, 2.45) is 0 Å². The molecule has 7 nitrogen and oxygen atoms in total. The fourth-order valence-corrected chi connectivity index (χ4v) is 2.61. The summed E-state index contributed by atoms with van der Waals surface area (Å²) < 4.78 is 7.81. The third-order valence-electron chi connectivity index (χ3n) is 3.48. The first-order valence-corrected chi connectivity index (χ1v) is 5.94. The van der Waals surface area contributed by atoms with Crippen LogP contribution in [0.1, 0.15) is 11.7 Å². The maximum Gasteiger partial charge on any atom is 0.225 e. The first kappa shape index (κ1) is 9.95. The van der Waals surface area contributed by atoms with Gasteiger partial charge in [-0.25, -0.2) is 14.6 Å². The van der Waals surface area contributed by atoms with Gasteiger partial charge in [-0.05, 0) is 6.07 Å². The molecule has 0 amide bonds. The van der Waals surface area contributed by atoms with Gasteiger partial charge in [0.2, 0.25) is 5.95 Å². The standard InChI is InChI=1S/C11H12N6O/c1-2-12-11(13-3-1)16-5-9-10(6-16)18-7-8-4-14-15-17(8)9/h1-4,9-10H,5-7H2/t9-,10?/m1/s1. The van der Waals surface area contributed by atoms with E-state index < -0.39 is 0 Å². The molecule has 0 N–H and O–H groups in total. The van der Waals surface area contributed by atoms with E-state index in [4.69, 9.17) is 4.74 Å². The summed E-state index contributed by atoms with van der Waals surface area (Å²) in [7, 11) is 0.